The number of halogens is 1. The SMILES string of the molecule is CCOC(=O)c1sc(N2C(=O)c3oc4ccc(Cl)cc4c(=O)c3C2c2ccc(OCc3ccccc3)c(OCC)c2)nc1C. The zero-order chi connectivity index (χ0) is 31.0. The van der Waals surface area contributed by atoms with Gasteiger partial charge in [-0.25, -0.2) is 9.78 Å². The summed E-state index contributed by atoms with van der Waals surface area (Å²) in [7, 11) is 0. The van der Waals surface area contributed by atoms with Crippen molar-refractivity contribution in [2.45, 2.75) is 33.4 Å². The molecule has 2 aromatic heterocycles. The molecule has 0 fully saturated rings. The Kier molecular flexibility index (Phi) is 8.11. The van der Waals surface area contributed by atoms with Gasteiger partial charge in [0.2, 0.25) is 5.76 Å². The molecule has 0 bridgehead atoms. The van der Waals surface area contributed by atoms with Gasteiger partial charge in [0.1, 0.15) is 17.1 Å². The number of thiazole rings is 1. The lowest BCUT2D eigenvalue weighted by molar-refractivity contribution is 0.0531. The Morgan fingerprint density at radius 2 is 1.80 bits per heavy atom. The van der Waals surface area contributed by atoms with Crippen LogP contribution in [0.4, 0.5) is 5.13 Å². The Hall–Kier alpha value is -4.67. The zero-order valence-corrected chi connectivity index (χ0v) is 25.7. The third-order valence-corrected chi connectivity index (χ3v) is 8.48. The molecule has 11 heteroatoms. The number of fused-ring (bicyclic) bond motifs is 2. The van der Waals surface area contributed by atoms with E-state index in [2.05, 4.69) is 4.98 Å². The van der Waals surface area contributed by atoms with Gasteiger partial charge in [-0.15, -0.1) is 0 Å². The number of amides is 1. The van der Waals surface area contributed by atoms with E-state index in [4.69, 9.17) is 30.2 Å². The van der Waals surface area contributed by atoms with E-state index in [9.17, 15) is 14.4 Å². The van der Waals surface area contributed by atoms with Crippen LogP contribution in [0, 0.1) is 6.92 Å². The predicted octanol–water partition coefficient (Wildman–Crippen LogP) is 7.12. The second kappa shape index (κ2) is 12.1. The maximum Gasteiger partial charge on any atom is 0.350 e. The number of anilines is 1. The van der Waals surface area contributed by atoms with Crippen LogP contribution in [0.15, 0.2) is 75.9 Å². The summed E-state index contributed by atoms with van der Waals surface area (Å²) in [6.45, 7) is 6.10. The van der Waals surface area contributed by atoms with Crippen molar-refractivity contribution in [3.8, 4) is 11.5 Å². The van der Waals surface area contributed by atoms with E-state index < -0.39 is 23.3 Å². The van der Waals surface area contributed by atoms with E-state index in [-0.39, 0.29) is 38.9 Å². The number of rotatable bonds is 9. The summed E-state index contributed by atoms with van der Waals surface area (Å²) < 4.78 is 23.3. The number of nitrogens with zero attached hydrogens (tertiary/aromatic N) is 2. The average Bonchev–Trinajstić information content (AvgIpc) is 3.54. The summed E-state index contributed by atoms with van der Waals surface area (Å²) in [6.07, 6.45) is 0. The van der Waals surface area contributed by atoms with Crippen LogP contribution in [0.2, 0.25) is 5.02 Å². The topological polar surface area (TPSA) is 108 Å². The monoisotopic (exact) mass is 630 g/mol. The van der Waals surface area contributed by atoms with Crippen molar-refractivity contribution >= 4 is 50.9 Å². The second-order valence-corrected chi connectivity index (χ2v) is 11.4. The first-order valence-corrected chi connectivity index (χ1v) is 15.2. The van der Waals surface area contributed by atoms with Gasteiger partial charge in [-0.1, -0.05) is 59.3 Å². The van der Waals surface area contributed by atoms with Gasteiger partial charge in [-0.3, -0.25) is 14.5 Å². The molecule has 0 saturated carbocycles. The van der Waals surface area contributed by atoms with Gasteiger partial charge >= 0.3 is 5.97 Å². The van der Waals surface area contributed by atoms with Crippen molar-refractivity contribution in [1.29, 1.82) is 0 Å². The van der Waals surface area contributed by atoms with E-state index in [0.29, 0.717) is 41.0 Å². The van der Waals surface area contributed by atoms with Gasteiger partial charge < -0.3 is 18.6 Å². The highest BCUT2D eigenvalue weighted by molar-refractivity contribution is 7.17. The van der Waals surface area contributed by atoms with Gasteiger partial charge in [0.05, 0.1) is 35.9 Å². The van der Waals surface area contributed by atoms with Crippen LogP contribution < -0.4 is 19.8 Å². The summed E-state index contributed by atoms with van der Waals surface area (Å²) in [5, 5.41) is 0.817. The Balaban J connectivity index is 1.50. The fourth-order valence-corrected chi connectivity index (χ4v) is 6.31. The third kappa shape index (κ3) is 5.31. The minimum Gasteiger partial charge on any atom is -0.490 e. The van der Waals surface area contributed by atoms with E-state index in [1.54, 1.807) is 44.2 Å². The number of hydrogen-bond donors (Lipinski definition) is 0. The van der Waals surface area contributed by atoms with Gasteiger partial charge in [0, 0.05) is 5.02 Å². The lowest BCUT2D eigenvalue weighted by Crippen LogP contribution is -2.29. The summed E-state index contributed by atoms with van der Waals surface area (Å²) in [6, 6.07) is 18.7. The predicted molar refractivity (Wildman–Crippen MR) is 167 cm³/mol. The Morgan fingerprint density at radius 3 is 2.55 bits per heavy atom. The molecule has 224 valence electrons. The third-order valence-electron chi connectivity index (χ3n) is 7.10. The van der Waals surface area contributed by atoms with E-state index in [1.165, 1.54) is 11.0 Å². The van der Waals surface area contributed by atoms with Crippen molar-refractivity contribution in [1.82, 2.24) is 4.98 Å². The van der Waals surface area contributed by atoms with Crippen LogP contribution in [-0.4, -0.2) is 30.1 Å². The van der Waals surface area contributed by atoms with Crippen LogP contribution in [0.1, 0.15) is 62.5 Å². The first-order chi connectivity index (χ1) is 21.3. The summed E-state index contributed by atoms with van der Waals surface area (Å²) >= 11 is 7.24. The number of benzene rings is 3. The van der Waals surface area contributed by atoms with Crippen LogP contribution >= 0.6 is 22.9 Å². The van der Waals surface area contributed by atoms with Crippen LogP contribution in [0.25, 0.3) is 11.0 Å². The Labute approximate surface area is 261 Å². The standard InChI is InChI=1S/C33H27ClN2O7S/c1-4-40-25-15-20(11-13-24(25)42-17-19-9-7-6-8-10-19)27-26-28(37)22-16-21(34)12-14-23(22)43-29(26)31(38)36(27)33-35-18(3)30(44-33)32(39)41-5-2/h6-16,27H,4-5,17H2,1-3H3. The van der Waals surface area contributed by atoms with Crippen LogP contribution in [-0.2, 0) is 11.3 Å². The highest BCUT2D eigenvalue weighted by Gasteiger charge is 2.45. The molecular weight excluding hydrogens is 604 g/mol. The maximum absolute atomic E-state index is 14.1. The molecule has 5 aromatic rings. The highest BCUT2D eigenvalue weighted by Crippen LogP contribution is 2.45. The van der Waals surface area contributed by atoms with Crippen molar-refractivity contribution in [2.75, 3.05) is 18.1 Å². The molecule has 1 aliphatic heterocycles. The molecule has 0 aliphatic carbocycles. The van der Waals surface area contributed by atoms with Gasteiger partial charge in [0.15, 0.2) is 22.1 Å². The van der Waals surface area contributed by atoms with Crippen molar-refractivity contribution < 1.29 is 28.2 Å². The van der Waals surface area contributed by atoms with Crippen molar-refractivity contribution in [3.63, 3.8) is 0 Å². The normalized spacial score (nSPS) is 14.1. The van der Waals surface area contributed by atoms with E-state index in [0.717, 1.165) is 16.9 Å². The largest absolute Gasteiger partial charge is 0.490 e. The van der Waals surface area contributed by atoms with Crippen LogP contribution in [0.5, 0.6) is 11.5 Å². The molecule has 3 aromatic carbocycles. The molecular formula is C33H27ClN2O7S. The molecule has 9 nitrogen and oxygen atoms in total. The minimum atomic E-state index is -0.944. The van der Waals surface area contributed by atoms with E-state index >= 15 is 0 Å². The maximum atomic E-state index is 14.1. The van der Waals surface area contributed by atoms with Crippen molar-refractivity contribution in [2.24, 2.45) is 0 Å². The highest BCUT2D eigenvalue weighted by atomic mass is 35.5. The fraction of sp³-hybridized carbons (Fsp3) is 0.212. The Bertz CT molecular complexity index is 1950. The Morgan fingerprint density at radius 1 is 1.00 bits per heavy atom. The van der Waals surface area contributed by atoms with Gasteiger partial charge in [-0.2, -0.15) is 0 Å². The van der Waals surface area contributed by atoms with Crippen molar-refractivity contribution in [3.05, 3.63) is 115 Å². The molecule has 0 radical (unpaired) electrons. The molecule has 1 aliphatic rings. The summed E-state index contributed by atoms with van der Waals surface area (Å²) in [5.41, 5.74) is 1.92. The smallest absolute Gasteiger partial charge is 0.350 e. The second-order valence-electron chi connectivity index (χ2n) is 9.94. The fourth-order valence-electron chi connectivity index (χ4n) is 5.15. The number of aromatic nitrogens is 1. The molecule has 1 amide bonds. The number of carbonyl (C=O) groups excluding carboxylic acids is 2. The minimum absolute atomic E-state index is 0.109. The quantitative estimate of drug-likeness (QED) is 0.159. The number of ether oxygens (including phenoxy) is 3. The lowest BCUT2D eigenvalue weighted by atomic mass is 9.98. The molecule has 3 heterocycles. The summed E-state index contributed by atoms with van der Waals surface area (Å²) in [5.74, 6) is -0.268. The van der Waals surface area contributed by atoms with Gasteiger partial charge in [0.25, 0.3) is 5.91 Å². The molecule has 1 atom stereocenters. The molecule has 6 rings (SSSR count). The molecule has 0 N–H and O–H groups in total. The van der Waals surface area contributed by atoms with Gasteiger partial charge in [-0.05, 0) is 62.2 Å². The number of esters is 1. The van der Waals surface area contributed by atoms with Crippen LogP contribution in [0.3, 0.4) is 0 Å². The average molecular weight is 631 g/mol. The zero-order valence-electron chi connectivity index (χ0n) is 24.1. The van der Waals surface area contributed by atoms with E-state index in [1.807, 2.05) is 37.3 Å². The molecule has 44 heavy (non-hydrogen) atoms. The lowest BCUT2D eigenvalue weighted by Gasteiger charge is -2.23. The number of carbonyl (C=O) groups is 2. The summed E-state index contributed by atoms with van der Waals surface area (Å²) in [4.78, 5) is 46.9. The molecule has 1 unspecified atom stereocenters. The number of hydrogen-bond acceptors (Lipinski definition) is 9. The first-order valence-electron chi connectivity index (χ1n) is 14.0. The molecule has 0 saturated heterocycles. The molecule has 0 spiro atoms. The first kappa shape index (κ1) is 29.4. The number of aryl methyl sites for hydroxylation is 1.